The van der Waals surface area contributed by atoms with Gasteiger partial charge in [0.15, 0.2) is 8.32 Å². The standard InChI is InChI=1S/C10H22O4Si2/c1-9(2)10(11)13-8-15-7-12-6-14-16(3,4)5/h1,6-8,15H2,2-5H3. The number of esters is 1. The summed E-state index contributed by atoms with van der Waals surface area (Å²) < 4.78 is 15.8. The van der Waals surface area contributed by atoms with Crippen LogP contribution in [0.15, 0.2) is 12.2 Å². The quantitative estimate of drug-likeness (QED) is 0.215. The van der Waals surface area contributed by atoms with Crippen LogP contribution in [0.1, 0.15) is 6.92 Å². The number of carbonyl (C=O) groups is 1. The molecule has 4 nitrogen and oxygen atoms in total. The highest BCUT2D eigenvalue weighted by Crippen LogP contribution is 2.01. The summed E-state index contributed by atoms with van der Waals surface area (Å²) in [4.78, 5) is 11.0. The SMILES string of the molecule is C=C(C)C(=O)OC[SiH2]COCO[Si](C)(C)C. The van der Waals surface area contributed by atoms with Crippen LogP contribution in [-0.4, -0.2) is 43.1 Å². The normalized spacial score (nSPS) is 12.0. The van der Waals surface area contributed by atoms with Crippen LogP contribution in [0.5, 0.6) is 0 Å². The third kappa shape index (κ3) is 10.1. The minimum Gasteiger partial charge on any atom is -0.467 e. The summed E-state index contributed by atoms with van der Waals surface area (Å²) in [5, 5.41) is 0. The summed E-state index contributed by atoms with van der Waals surface area (Å²) in [7, 11) is -1.96. The fourth-order valence-corrected chi connectivity index (χ4v) is 1.93. The monoisotopic (exact) mass is 262 g/mol. The molecule has 0 spiro atoms. The Bertz CT molecular complexity index is 235. The second kappa shape index (κ2) is 7.78. The van der Waals surface area contributed by atoms with Gasteiger partial charge in [0.25, 0.3) is 0 Å². The Labute approximate surface area is 101 Å². The Balaban J connectivity index is 3.29. The molecule has 16 heavy (non-hydrogen) atoms. The van der Waals surface area contributed by atoms with E-state index in [2.05, 4.69) is 26.2 Å². The lowest BCUT2D eigenvalue weighted by molar-refractivity contribution is -0.137. The average molecular weight is 262 g/mol. The van der Waals surface area contributed by atoms with E-state index < -0.39 is 17.8 Å². The number of hydrogen-bond acceptors (Lipinski definition) is 4. The first-order valence-corrected chi connectivity index (χ1v) is 10.8. The molecule has 0 aliphatic rings. The van der Waals surface area contributed by atoms with E-state index in [9.17, 15) is 4.79 Å². The van der Waals surface area contributed by atoms with Gasteiger partial charge in [0.1, 0.15) is 6.79 Å². The average Bonchev–Trinajstić information content (AvgIpc) is 2.14. The molecule has 0 aromatic rings. The molecule has 0 bridgehead atoms. The van der Waals surface area contributed by atoms with Crippen molar-refractivity contribution in [1.82, 2.24) is 0 Å². The smallest absolute Gasteiger partial charge is 0.332 e. The molecule has 0 radical (unpaired) electrons. The predicted molar refractivity (Wildman–Crippen MR) is 69.6 cm³/mol. The van der Waals surface area contributed by atoms with Gasteiger partial charge >= 0.3 is 5.97 Å². The summed E-state index contributed by atoms with van der Waals surface area (Å²) in [5.41, 5.74) is 0.442. The molecule has 0 rings (SSSR count). The van der Waals surface area contributed by atoms with Gasteiger partial charge < -0.3 is 13.9 Å². The Morgan fingerprint density at radius 3 is 2.44 bits per heavy atom. The van der Waals surface area contributed by atoms with Gasteiger partial charge in [-0.3, -0.25) is 0 Å². The summed E-state index contributed by atoms with van der Waals surface area (Å²) in [6, 6.07) is 0. The first kappa shape index (κ1) is 15.6. The van der Waals surface area contributed by atoms with Crippen LogP contribution >= 0.6 is 0 Å². The van der Waals surface area contributed by atoms with Crippen LogP contribution in [0.25, 0.3) is 0 Å². The molecule has 0 heterocycles. The number of ether oxygens (including phenoxy) is 2. The third-order valence-corrected chi connectivity index (χ3v) is 3.64. The van der Waals surface area contributed by atoms with Crippen LogP contribution in [-0.2, 0) is 18.7 Å². The van der Waals surface area contributed by atoms with Gasteiger partial charge in [0, 0.05) is 11.8 Å². The van der Waals surface area contributed by atoms with Gasteiger partial charge in [-0.1, -0.05) is 6.58 Å². The van der Waals surface area contributed by atoms with Crippen LogP contribution in [0, 0.1) is 0 Å². The lowest BCUT2D eigenvalue weighted by Crippen LogP contribution is -2.27. The Morgan fingerprint density at radius 1 is 1.31 bits per heavy atom. The van der Waals surface area contributed by atoms with E-state index in [-0.39, 0.29) is 5.97 Å². The first-order valence-electron chi connectivity index (χ1n) is 5.37. The zero-order valence-corrected chi connectivity index (χ0v) is 13.1. The predicted octanol–water partition coefficient (Wildman–Crippen LogP) is 1.02. The van der Waals surface area contributed by atoms with Gasteiger partial charge in [-0.05, 0) is 26.6 Å². The van der Waals surface area contributed by atoms with Gasteiger partial charge in [0.2, 0.25) is 0 Å². The summed E-state index contributed by atoms with van der Waals surface area (Å²) >= 11 is 0. The molecule has 0 aliphatic heterocycles. The minimum atomic E-state index is -1.47. The largest absolute Gasteiger partial charge is 0.467 e. The molecular formula is C10H22O4Si2. The molecule has 0 saturated carbocycles. The Hall–Kier alpha value is -0.436. The van der Waals surface area contributed by atoms with E-state index in [0.717, 1.165) is 0 Å². The maximum Gasteiger partial charge on any atom is 0.332 e. The minimum absolute atomic E-state index is 0.314. The van der Waals surface area contributed by atoms with Crippen molar-refractivity contribution in [2.45, 2.75) is 26.6 Å². The van der Waals surface area contributed by atoms with Crippen LogP contribution in [0.2, 0.25) is 19.6 Å². The highest BCUT2D eigenvalue weighted by molar-refractivity contribution is 6.69. The Morgan fingerprint density at radius 2 is 1.94 bits per heavy atom. The van der Waals surface area contributed by atoms with E-state index in [1.165, 1.54) is 0 Å². The molecule has 0 aromatic carbocycles. The van der Waals surface area contributed by atoms with E-state index in [4.69, 9.17) is 13.9 Å². The van der Waals surface area contributed by atoms with E-state index in [0.29, 0.717) is 24.8 Å². The fourth-order valence-electron chi connectivity index (χ4n) is 0.726. The first-order chi connectivity index (χ1) is 7.33. The molecule has 0 fully saturated rings. The fraction of sp³-hybridized carbons (Fsp3) is 0.700. The van der Waals surface area contributed by atoms with Crippen molar-refractivity contribution in [2.75, 3.05) is 19.3 Å². The highest BCUT2D eigenvalue weighted by atomic mass is 28.4. The topological polar surface area (TPSA) is 44.8 Å². The van der Waals surface area contributed by atoms with Crippen molar-refractivity contribution in [3.8, 4) is 0 Å². The maximum absolute atomic E-state index is 11.0. The lowest BCUT2D eigenvalue weighted by Gasteiger charge is -2.16. The van der Waals surface area contributed by atoms with Gasteiger partial charge in [-0.15, -0.1) is 0 Å². The highest BCUT2D eigenvalue weighted by Gasteiger charge is 2.13. The maximum atomic E-state index is 11.0. The number of carbonyl (C=O) groups excluding carboxylic acids is 1. The van der Waals surface area contributed by atoms with E-state index >= 15 is 0 Å². The van der Waals surface area contributed by atoms with Crippen LogP contribution in [0.3, 0.4) is 0 Å². The van der Waals surface area contributed by atoms with Crippen molar-refractivity contribution in [1.29, 1.82) is 0 Å². The van der Waals surface area contributed by atoms with Crippen molar-refractivity contribution < 1.29 is 18.7 Å². The molecule has 0 amide bonds. The second-order valence-electron chi connectivity index (χ2n) is 4.55. The molecule has 0 aliphatic carbocycles. The number of hydrogen-bond donors (Lipinski definition) is 0. The molecule has 94 valence electrons. The van der Waals surface area contributed by atoms with Crippen molar-refractivity contribution in [3.63, 3.8) is 0 Å². The zero-order valence-electron chi connectivity index (χ0n) is 10.7. The van der Waals surface area contributed by atoms with E-state index in [1.54, 1.807) is 6.92 Å². The molecule has 0 aromatic heterocycles. The summed E-state index contributed by atoms with van der Waals surface area (Å²) in [5.74, 6) is -0.314. The molecular weight excluding hydrogens is 240 g/mol. The van der Waals surface area contributed by atoms with Gasteiger partial charge in [-0.2, -0.15) is 0 Å². The molecule has 0 saturated heterocycles. The number of rotatable bonds is 8. The van der Waals surface area contributed by atoms with Crippen molar-refractivity contribution in [2.24, 2.45) is 0 Å². The molecule has 0 unspecified atom stereocenters. The van der Waals surface area contributed by atoms with Gasteiger partial charge in [0.05, 0.1) is 15.7 Å². The van der Waals surface area contributed by atoms with Crippen molar-refractivity contribution in [3.05, 3.63) is 12.2 Å². The van der Waals surface area contributed by atoms with Crippen molar-refractivity contribution >= 4 is 23.8 Å². The molecule has 6 heteroatoms. The van der Waals surface area contributed by atoms with E-state index in [1.807, 2.05) is 0 Å². The third-order valence-electron chi connectivity index (χ3n) is 1.59. The van der Waals surface area contributed by atoms with Crippen LogP contribution in [0.4, 0.5) is 0 Å². The zero-order chi connectivity index (χ0) is 12.6. The second-order valence-corrected chi connectivity index (χ2v) is 10.6. The molecule has 0 atom stereocenters. The summed E-state index contributed by atoms with van der Waals surface area (Å²) in [6.45, 7) is 11.8. The summed E-state index contributed by atoms with van der Waals surface area (Å²) in [6.07, 6.45) is 1.17. The Kier molecular flexibility index (Phi) is 7.56. The molecule has 0 N–H and O–H groups in total. The van der Waals surface area contributed by atoms with Crippen LogP contribution < -0.4 is 0 Å². The van der Waals surface area contributed by atoms with Gasteiger partial charge in [-0.25, -0.2) is 4.79 Å². The lowest BCUT2D eigenvalue weighted by atomic mass is 10.4.